The van der Waals surface area contributed by atoms with E-state index in [1.54, 1.807) is 33.4 Å². The minimum atomic E-state index is -0.413. The molecular formula is C20H18N10O4. The highest BCUT2D eigenvalue weighted by Crippen LogP contribution is 2.34. The largest absolute Gasteiger partial charge is 0.362 e. The fraction of sp³-hybridized carbons (Fsp3) is 0.200. The normalized spacial score (nSPS) is 13.8. The first-order chi connectivity index (χ1) is 16.5. The van der Waals surface area contributed by atoms with Gasteiger partial charge in [0.05, 0.1) is 21.2 Å². The molecule has 0 aliphatic carbocycles. The van der Waals surface area contributed by atoms with Crippen molar-refractivity contribution in [2.24, 2.45) is 0 Å². The molecule has 0 radical (unpaired) electrons. The zero-order valence-corrected chi connectivity index (χ0v) is 17.7. The highest BCUT2D eigenvalue weighted by atomic mass is 16.6. The van der Waals surface area contributed by atoms with Gasteiger partial charge in [0.1, 0.15) is 36.7 Å². The SMILES string of the molecule is O=[N+]([O-])c1cc(-n2cnnc2)ccc1N1CCN(c2ccc(-n3cnnc3)cc2[N+](=O)[O-])CC1. The first-order valence-corrected chi connectivity index (χ1v) is 10.3. The van der Waals surface area contributed by atoms with Gasteiger partial charge in [0.15, 0.2) is 0 Å². The van der Waals surface area contributed by atoms with Crippen molar-refractivity contribution in [1.82, 2.24) is 29.5 Å². The predicted octanol–water partition coefficient (Wildman–Crippen LogP) is 1.99. The van der Waals surface area contributed by atoms with E-state index in [-0.39, 0.29) is 11.4 Å². The van der Waals surface area contributed by atoms with Crippen molar-refractivity contribution >= 4 is 22.7 Å². The van der Waals surface area contributed by atoms with E-state index in [1.807, 2.05) is 9.80 Å². The minimum absolute atomic E-state index is 0.0241. The molecule has 2 aromatic carbocycles. The summed E-state index contributed by atoms with van der Waals surface area (Å²) < 4.78 is 3.19. The van der Waals surface area contributed by atoms with E-state index in [9.17, 15) is 20.2 Å². The molecule has 2 aromatic heterocycles. The molecule has 1 aliphatic rings. The molecular weight excluding hydrogens is 444 g/mol. The molecule has 1 fully saturated rings. The van der Waals surface area contributed by atoms with Crippen LogP contribution in [-0.2, 0) is 0 Å². The van der Waals surface area contributed by atoms with Gasteiger partial charge in [-0.3, -0.25) is 29.4 Å². The van der Waals surface area contributed by atoms with Gasteiger partial charge >= 0.3 is 0 Å². The summed E-state index contributed by atoms with van der Waals surface area (Å²) in [6.07, 6.45) is 5.88. The van der Waals surface area contributed by atoms with E-state index in [2.05, 4.69) is 20.4 Å². The summed E-state index contributed by atoms with van der Waals surface area (Å²) in [7, 11) is 0. The van der Waals surface area contributed by atoms with Gasteiger partial charge < -0.3 is 9.80 Å². The monoisotopic (exact) mass is 462 g/mol. The van der Waals surface area contributed by atoms with Crippen LogP contribution < -0.4 is 9.80 Å². The molecule has 0 atom stereocenters. The third kappa shape index (κ3) is 3.87. The highest BCUT2D eigenvalue weighted by molar-refractivity contribution is 5.70. The second kappa shape index (κ2) is 8.57. The lowest BCUT2D eigenvalue weighted by molar-refractivity contribution is -0.384. The molecule has 34 heavy (non-hydrogen) atoms. The van der Waals surface area contributed by atoms with Crippen LogP contribution in [0, 0.1) is 20.2 Å². The van der Waals surface area contributed by atoms with Gasteiger partial charge in [-0.25, -0.2) is 0 Å². The average Bonchev–Trinajstić information content (AvgIpc) is 3.58. The van der Waals surface area contributed by atoms with E-state index in [1.165, 1.54) is 37.4 Å². The molecule has 1 saturated heterocycles. The number of hydrogen-bond donors (Lipinski definition) is 0. The van der Waals surface area contributed by atoms with Crippen LogP contribution in [0.15, 0.2) is 61.7 Å². The third-order valence-electron chi connectivity index (χ3n) is 5.71. The van der Waals surface area contributed by atoms with E-state index < -0.39 is 9.85 Å². The van der Waals surface area contributed by atoms with Gasteiger partial charge in [0.2, 0.25) is 0 Å². The van der Waals surface area contributed by atoms with Gasteiger partial charge in [0.25, 0.3) is 11.4 Å². The van der Waals surface area contributed by atoms with Crippen molar-refractivity contribution < 1.29 is 9.85 Å². The predicted molar refractivity (Wildman–Crippen MR) is 120 cm³/mol. The Morgan fingerprint density at radius 3 is 1.29 bits per heavy atom. The summed E-state index contributed by atoms with van der Waals surface area (Å²) in [6.45, 7) is 1.88. The zero-order chi connectivity index (χ0) is 23.7. The number of rotatable bonds is 6. The van der Waals surface area contributed by atoms with Gasteiger partial charge in [-0.1, -0.05) is 0 Å². The maximum atomic E-state index is 11.8. The highest BCUT2D eigenvalue weighted by Gasteiger charge is 2.28. The van der Waals surface area contributed by atoms with Crippen molar-refractivity contribution in [3.8, 4) is 11.4 Å². The fourth-order valence-corrected chi connectivity index (χ4v) is 4.03. The zero-order valence-electron chi connectivity index (χ0n) is 17.7. The number of anilines is 2. The number of piperazine rings is 1. The molecule has 3 heterocycles. The Morgan fingerprint density at radius 1 is 0.618 bits per heavy atom. The van der Waals surface area contributed by atoms with Crippen molar-refractivity contribution in [2.75, 3.05) is 36.0 Å². The maximum absolute atomic E-state index is 11.8. The van der Waals surface area contributed by atoms with E-state index in [0.29, 0.717) is 48.9 Å². The Labute approximate surface area is 192 Å². The van der Waals surface area contributed by atoms with Gasteiger partial charge in [-0.2, -0.15) is 0 Å². The molecule has 0 bridgehead atoms. The summed E-state index contributed by atoms with van der Waals surface area (Å²) in [5, 5.41) is 38.5. The van der Waals surface area contributed by atoms with Crippen molar-refractivity contribution in [3.05, 3.63) is 81.9 Å². The molecule has 0 amide bonds. The third-order valence-corrected chi connectivity index (χ3v) is 5.71. The summed E-state index contributed by atoms with van der Waals surface area (Å²) in [4.78, 5) is 26.5. The summed E-state index contributed by atoms with van der Waals surface area (Å²) >= 11 is 0. The van der Waals surface area contributed by atoms with Crippen LogP contribution in [0.25, 0.3) is 11.4 Å². The van der Waals surface area contributed by atoms with E-state index in [0.717, 1.165) is 0 Å². The Hall–Kier alpha value is -4.88. The van der Waals surface area contributed by atoms with Crippen molar-refractivity contribution in [1.29, 1.82) is 0 Å². The Morgan fingerprint density at radius 2 is 0.971 bits per heavy atom. The molecule has 0 N–H and O–H groups in total. The molecule has 0 saturated carbocycles. The molecule has 14 heteroatoms. The average molecular weight is 462 g/mol. The minimum Gasteiger partial charge on any atom is -0.362 e. The van der Waals surface area contributed by atoms with Crippen LogP contribution in [0.1, 0.15) is 0 Å². The molecule has 1 aliphatic heterocycles. The van der Waals surface area contributed by atoms with Crippen LogP contribution >= 0.6 is 0 Å². The second-order valence-corrected chi connectivity index (χ2v) is 7.57. The maximum Gasteiger partial charge on any atom is 0.294 e. The lowest BCUT2D eigenvalue weighted by Gasteiger charge is -2.36. The van der Waals surface area contributed by atoms with E-state index in [4.69, 9.17) is 0 Å². The standard InChI is InChI=1S/C20H18N10O4/c31-29(32)19-9-15(27-11-21-22-12-27)1-3-17(19)25-5-7-26(8-6-25)18-4-2-16(10-20(18)30(33)34)28-13-23-24-14-28/h1-4,9-14H,5-8H2. The summed E-state index contributed by atoms with van der Waals surface area (Å²) in [5.74, 6) is 0. The molecule has 5 rings (SSSR count). The van der Waals surface area contributed by atoms with Gasteiger partial charge in [0, 0.05) is 38.3 Å². The topological polar surface area (TPSA) is 154 Å². The fourth-order valence-electron chi connectivity index (χ4n) is 4.03. The first kappa shape index (κ1) is 21.0. The summed E-state index contributed by atoms with van der Waals surface area (Å²) in [6, 6.07) is 9.93. The quantitative estimate of drug-likeness (QED) is 0.307. The van der Waals surface area contributed by atoms with Crippen molar-refractivity contribution in [3.63, 3.8) is 0 Å². The molecule has 0 unspecified atom stereocenters. The number of benzene rings is 2. The number of hydrogen-bond acceptors (Lipinski definition) is 10. The Kier molecular flexibility index (Phi) is 5.29. The van der Waals surface area contributed by atoms with Crippen LogP contribution in [0.4, 0.5) is 22.7 Å². The molecule has 172 valence electrons. The van der Waals surface area contributed by atoms with Crippen molar-refractivity contribution in [2.45, 2.75) is 0 Å². The first-order valence-electron chi connectivity index (χ1n) is 10.3. The smallest absolute Gasteiger partial charge is 0.294 e. The summed E-state index contributed by atoms with van der Waals surface area (Å²) in [5.41, 5.74) is 2.12. The molecule has 4 aromatic rings. The number of nitrogens with zero attached hydrogens (tertiary/aromatic N) is 10. The Bertz CT molecular complexity index is 1230. The Balaban J connectivity index is 1.37. The lowest BCUT2D eigenvalue weighted by Crippen LogP contribution is -2.46. The number of nitro groups is 2. The van der Waals surface area contributed by atoms with Crippen LogP contribution in [0.2, 0.25) is 0 Å². The molecule has 14 nitrogen and oxygen atoms in total. The van der Waals surface area contributed by atoms with Crippen LogP contribution in [0.3, 0.4) is 0 Å². The number of aromatic nitrogens is 6. The van der Waals surface area contributed by atoms with Crippen LogP contribution in [0.5, 0.6) is 0 Å². The molecule has 0 spiro atoms. The lowest BCUT2D eigenvalue weighted by atomic mass is 10.1. The van der Waals surface area contributed by atoms with E-state index >= 15 is 0 Å². The second-order valence-electron chi connectivity index (χ2n) is 7.57. The van der Waals surface area contributed by atoms with Gasteiger partial charge in [-0.15, -0.1) is 20.4 Å². The van der Waals surface area contributed by atoms with Gasteiger partial charge in [-0.05, 0) is 24.3 Å². The van der Waals surface area contributed by atoms with Crippen LogP contribution in [-0.4, -0.2) is 65.6 Å². The number of nitro benzene ring substituents is 2.